The van der Waals surface area contributed by atoms with Gasteiger partial charge in [0.1, 0.15) is 0 Å². The SMILES string of the molecule is CCC(Br)C(=O)N(CC)C(C)C. The third-order valence-electron chi connectivity index (χ3n) is 1.87. The number of halogens is 1. The molecule has 0 saturated carbocycles. The molecule has 0 spiro atoms. The van der Waals surface area contributed by atoms with Crippen LogP contribution in [0.25, 0.3) is 0 Å². The molecule has 1 amide bonds. The monoisotopic (exact) mass is 235 g/mol. The van der Waals surface area contributed by atoms with Crippen molar-refractivity contribution >= 4 is 21.8 Å². The zero-order valence-corrected chi connectivity index (χ0v) is 9.89. The standard InChI is InChI=1S/C9H18BrNO/c1-5-8(10)9(12)11(6-2)7(3)4/h7-8H,5-6H2,1-4H3. The molecule has 0 aliphatic carbocycles. The number of rotatable bonds is 4. The Morgan fingerprint density at radius 3 is 2.17 bits per heavy atom. The third-order valence-corrected chi connectivity index (χ3v) is 2.91. The van der Waals surface area contributed by atoms with E-state index in [1.807, 2.05) is 32.6 Å². The highest BCUT2D eigenvalue weighted by molar-refractivity contribution is 9.10. The minimum Gasteiger partial charge on any atom is -0.340 e. The molecule has 0 aromatic rings. The highest BCUT2D eigenvalue weighted by Gasteiger charge is 2.20. The van der Waals surface area contributed by atoms with Crippen molar-refractivity contribution in [3.05, 3.63) is 0 Å². The Morgan fingerprint density at radius 2 is 1.92 bits per heavy atom. The number of alkyl halides is 1. The summed E-state index contributed by atoms with van der Waals surface area (Å²) < 4.78 is 0. The van der Waals surface area contributed by atoms with Crippen LogP contribution in [0, 0.1) is 0 Å². The van der Waals surface area contributed by atoms with Gasteiger partial charge in [0.15, 0.2) is 0 Å². The second-order valence-electron chi connectivity index (χ2n) is 3.09. The average Bonchev–Trinajstić information content (AvgIpc) is 2.03. The molecule has 0 N–H and O–H groups in total. The molecule has 2 nitrogen and oxygen atoms in total. The first-order valence-corrected chi connectivity index (χ1v) is 5.40. The molecular weight excluding hydrogens is 218 g/mol. The molecule has 0 radical (unpaired) electrons. The van der Waals surface area contributed by atoms with Crippen LogP contribution < -0.4 is 0 Å². The Labute approximate surface area is 83.4 Å². The van der Waals surface area contributed by atoms with Crippen LogP contribution in [0.2, 0.25) is 0 Å². The molecule has 0 saturated heterocycles. The summed E-state index contributed by atoms with van der Waals surface area (Å²) >= 11 is 3.36. The highest BCUT2D eigenvalue weighted by atomic mass is 79.9. The first kappa shape index (κ1) is 11.9. The minimum atomic E-state index is -0.0140. The molecule has 1 atom stereocenters. The van der Waals surface area contributed by atoms with Gasteiger partial charge in [-0.1, -0.05) is 22.9 Å². The van der Waals surface area contributed by atoms with Gasteiger partial charge in [0, 0.05) is 12.6 Å². The van der Waals surface area contributed by atoms with E-state index in [0.717, 1.165) is 13.0 Å². The molecule has 0 rings (SSSR count). The number of carbonyl (C=O) groups is 1. The van der Waals surface area contributed by atoms with Crippen LogP contribution in [0.3, 0.4) is 0 Å². The van der Waals surface area contributed by atoms with Gasteiger partial charge < -0.3 is 4.90 Å². The van der Waals surface area contributed by atoms with Crippen LogP contribution >= 0.6 is 15.9 Å². The predicted octanol–water partition coefficient (Wildman–Crippen LogP) is 2.42. The lowest BCUT2D eigenvalue weighted by Gasteiger charge is -2.27. The van der Waals surface area contributed by atoms with Crippen molar-refractivity contribution in [2.24, 2.45) is 0 Å². The van der Waals surface area contributed by atoms with Gasteiger partial charge in [-0.2, -0.15) is 0 Å². The van der Waals surface area contributed by atoms with Gasteiger partial charge in [0.2, 0.25) is 5.91 Å². The molecule has 0 heterocycles. The summed E-state index contributed by atoms with van der Waals surface area (Å²) in [4.78, 5) is 13.5. The van der Waals surface area contributed by atoms with E-state index in [2.05, 4.69) is 15.9 Å². The average molecular weight is 236 g/mol. The minimum absolute atomic E-state index is 0.0140. The Hall–Kier alpha value is -0.0500. The maximum Gasteiger partial charge on any atom is 0.236 e. The fraction of sp³-hybridized carbons (Fsp3) is 0.889. The summed E-state index contributed by atoms with van der Waals surface area (Å²) in [6.07, 6.45) is 0.849. The van der Waals surface area contributed by atoms with Crippen LogP contribution in [0.5, 0.6) is 0 Å². The van der Waals surface area contributed by atoms with Crippen LogP contribution in [-0.4, -0.2) is 28.2 Å². The highest BCUT2D eigenvalue weighted by Crippen LogP contribution is 2.11. The third kappa shape index (κ3) is 3.13. The van der Waals surface area contributed by atoms with E-state index in [1.54, 1.807) is 0 Å². The summed E-state index contributed by atoms with van der Waals surface area (Å²) in [7, 11) is 0. The van der Waals surface area contributed by atoms with Crippen molar-refractivity contribution in [2.75, 3.05) is 6.54 Å². The van der Waals surface area contributed by atoms with Crippen LogP contribution in [0.1, 0.15) is 34.1 Å². The quantitative estimate of drug-likeness (QED) is 0.686. The van der Waals surface area contributed by atoms with E-state index < -0.39 is 0 Å². The molecule has 0 fully saturated rings. The number of hydrogen-bond acceptors (Lipinski definition) is 1. The Kier molecular flexibility index (Phi) is 5.55. The lowest BCUT2D eigenvalue weighted by atomic mass is 10.2. The lowest BCUT2D eigenvalue weighted by Crippen LogP contribution is -2.40. The van der Waals surface area contributed by atoms with Gasteiger partial charge in [-0.3, -0.25) is 4.79 Å². The Bertz CT molecular complexity index is 147. The van der Waals surface area contributed by atoms with Gasteiger partial charge in [0.05, 0.1) is 4.83 Å². The zero-order valence-electron chi connectivity index (χ0n) is 8.30. The number of nitrogens with zero attached hydrogens (tertiary/aromatic N) is 1. The molecule has 0 aromatic heterocycles. The number of carbonyl (C=O) groups excluding carboxylic acids is 1. The van der Waals surface area contributed by atoms with Gasteiger partial charge in [-0.15, -0.1) is 0 Å². The van der Waals surface area contributed by atoms with E-state index in [0.29, 0.717) is 6.04 Å². The van der Waals surface area contributed by atoms with Crippen molar-refractivity contribution in [1.29, 1.82) is 0 Å². The molecule has 12 heavy (non-hydrogen) atoms. The van der Waals surface area contributed by atoms with Gasteiger partial charge in [-0.05, 0) is 27.2 Å². The van der Waals surface area contributed by atoms with E-state index in [9.17, 15) is 4.79 Å². The molecular formula is C9H18BrNO. The molecule has 3 heteroatoms. The topological polar surface area (TPSA) is 20.3 Å². The first-order chi connectivity index (χ1) is 5.54. The van der Waals surface area contributed by atoms with Gasteiger partial charge in [0.25, 0.3) is 0 Å². The predicted molar refractivity (Wildman–Crippen MR) is 55.5 cm³/mol. The van der Waals surface area contributed by atoms with E-state index in [-0.39, 0.29) is 10.7 Å². The normalized spacial score (nSPS) is 13.2. The summed E-state index contributed by atoms with van der Waals surface area (Å²) in [5, 5.41) is 0. The second-order valence-corrected chi connectivity index (χ2v) is 4.20. The Balaban J connectivity index is 4.21. The fourth-order valence-electron chi connectivity index (χ4n) is 1.13. The van der Waals surface area contributed by atoms with Crippen molar-refractivity contribution in [3.63, 3.8) is 0 Å². The van der Waals surface area contributed by atoms with Crippen molar-refractivity contribution in [2.45, 2.75) is 45.0 Å². The van der Waals surface area contributed by atoms with Gasteiger partial charge >= 0.3 is 0 Å². The van der Waals surface area contributed by atoms with E-state index >= 15 is 0 Å². The molecule has 72 valence electrons. The summed E-state index contributed by atoms with van der Waals surface area (Å²) in [6.45, 7) is 8.88. The Morgan fingerprint density at radius 1 is 1.42 bits per heavy atom. The first-order valence-electron chi connectivity index (χ1n) is 4.49. The largest absolute Gasteiger partial charge is 0.340 e. The van der Waals surface area contributed by atoms with E-state index in [1.165, 1.54) is 0 Å². The molecule has 1 unspecified atom stereocenters. The summed E-state index contributed by atoms with van der Waals surface area (Å²) in [5.74, 6) is 0.204. The number of amides is 1. The van der Waals surface area contributed by atoms with Crippen LogP contribution in [0.15, 0.2) is 0 Å². The molecule has 0 aliphatic rings. The maximum absolute atomic E-state index is 11.6. The zero-order chi connectivity index (χ0) is 9.72. The smallest absolute Gasteiger partial charge is 0.236 e. The lowest BCUT2D eigenvalue weighted by molar-refractivity contribution is -0.131. The summed E-state index contributed by atoms with van der Waals surface area (Å²) in [5.41, 5.74) is 0. The second kappa shape index (κ2) is 5.57. The van der Waals surface area contributed by atoms with Gasteiger partial charge in [-0.25, -0.2) is 0 Å². The molecule has 0 aliphatic heterocycles. The molecule has 0 bridgehead atoms. The van der Waals surface area contributed by atoms with E-state index in [4.69, 9.17) is 0 Å². The fourth-order valence-corrected chi connectivity index (χ4v) is 1.39. The summed E-state index contributed by atoms with van der Waals surface area (Å²) in [6, 6.07) is 0.300. The molecule has 0 aromatic carbocycles. The van der Waals surface area contributed by atoms with Crippen LogP contribution in [0.4, 0.5) is 0 Å². The van der Waals surface area contributed by atoms with Crippen molar-refractivity contribution in [3.8, 4) is 0 Å². The maximum atomic E-state index is 11.6. The van der Waals surface area contributed by atoms with Crippen molar-refractivity contribution < 1.29 is 4.79 Å². The van der Waals surface area contributed by atoms with Crippen molar-refractivity contribution in [1.82, 2.24) is 4.90 Å². The van der Waals surface area contributed by atoms with Crippen LogP contribution in [-0.2, 0) is 4.79 Å². The number of hydrogen-bond donors (Lipinski definition) is 0.